The van der Waals surface area contributed by atoms with Gasteiger partial charge in [0.15, 0.2) is 5.65 Å². The Morgan fingerprint density at radius 3 is 2.42 bits per heavy atom. The molecule has 170 valence electrons. The molecule has 0 bridgehead atoms. The molecule has 0 radical (unpaired) electrons. The second-order valence-corrected chi connectivity index (χ2v) is 11.0. The number of benzene rings is 2. The fraction of sp³-hybridized carbons (Fsp3) is 0.240. The van der Waals surface area contributed by atoms with Gasteiger partial charge in [0.25, 0.3) is 0 Å². The smallest absolute Gasteiger partial charge is 0.172 e. The van der Waals surface area contributed by atoms with Gasteiger partial charge in [-0.2, -0.15) is 9.61 Å². The molecule has 0 spiro atoms. The number of aromatic nitrogens is 3. The Morgan fingerprint density at radius 2 is 1.73 bits per heavy atom. The third-order valence-electron chi connectivity index (χ3n) is 5.83. The Hall–Kier alpha value is -2.52. The molecular formula is C25H27BrN6S. The Labute approximate surface area is 205 Å². The number of likely N-dealkylation sites (N-methyl/N-ethyl adjacent to an activating group) is 1. The van der Waals surface area contributed by atoms with Crippen molar-refractivity contribution < 1.29 is 0 Å². The first-order valence-corrected chi connectivity index (χ1v) is 13.1. The molecule has 33 heavy (non-hydrogen) atoms. The van der Waals surface area contributed by atoms with E-state index in [1.807, 2.05) is 28.8 Å². The minimum atomic E-state index is 0.0217. The van der Waals surface area contributed by atoms with Crippen LogP contribution in [0.15, 0.2) is 76.2 Å². The molecule has 1 aliphatic rings. The van der Waals surface area contributed by atoms with Crippen LogP contribution in [0.3, 0.4) is 0 Å². The van der Waals surface area contributed by atoms with E-state index >= 15 is 0 Å². The molecule has 8 heteroatoms. The SMILES string of the molecule is C/C=S(\c1ccc(Nc2cc(-c3ccccc3)nc3c(Br)cnn23)cc1)N1CCN(C)CC1. The molecule has 2 aromatic heterocycles. The molecule has 1 atom stereocenters. The molecule has 0 aliphatic carbocycles. The summed E-state index contributed by atoms with van der Waals surface area (Å²) in [5, 5.41) is 10.4. The summed E-state index contributed by atoms with van der Waals surface area (Å²) >= 11 is 3.58. The van der Waals surface area contributed by atoms with E-state index in [2.05, 4.69) is 91.3 Å². The van der Waals surface area contributed by atoms with E-state index in [1.54, 1.807) is 6.20 Å². The summed E-state index contributed by atoms with van der Waals surface area (Å²) in [4.78, 5) is 8.56. The van der Waals surface area contributed by atoms with Crippen LogP contribution in [-0.4, -0.2) is 62.4 Å². The number of nitrogens with zero attached hydrogens (tertiary/aromatic N) is 5. The maximum atomic E-state index is 4.81. The summed E-state index contributed by atoms with van der Waals surface area (Å²) < 4.78 is 5.29. The van der Waals surface area contributed by atoms with E-state index in [9.17, 15) is 0 Å². The molecule has 3 heterocycles. The summed E-state index contributed by atoms with van der Waals surface area (Å²) in [5.41, 5.74) is 3.78. The third kappa shape index (κ3) is 4.75. The van der Waals surface area contributed by atoms with E-state index in [1.165, 1.54) is 4.90 Å². The van der Waals surface area contributed by atoms with Crippen molar-refractivity contribution in [2.24, 2.45) is 0 Å². The number of piperazine rings is 1. The second kappa shape index (κ2) is 9.77. The van der Waals surface area contributed by atoms with Gasteiger partial charge in [-0.3, -0.25) is 0 Å². The molecule has 1 unspecified atom stereocenters. The van der Waals surface area contributed by atoms with Crippen LogP contribution in [0.4, 0.5) is 11.5 Å². The highest BCUT2D eigenvalue weighted by atomic mass is 79.9. The van der Waals surface area contributed by atoms with Crippen LogP contribution in [-0.2, 0) is 0 Å². The maximum absolute atomic E-state index is 4.81. The first kappa shape index (κ1) is 22.3. The first-order valence-electron chi connectivity index (χ1n) is 11.1. The highest BCUT2D eigenvalue weighted by molar-refractivity contribution is 9.10. The van der Waals surface area contributed by atoms with Gasteiger partial charge in [-0.25, -0.2) is 9.29 Å². The molecule has 4 aromatic rings. The highest BCUT2D eigenvalue weighted by Gasteiger charge is 2.17. The van der Waals surface area contributed by atoms with Crippen LogP contribution in [0.5, 0.6) is 0 Å². The summed E-state index contributed by atoms with van der Waals surface area (Å²) in [5.74, 6) is 0.873. The molecule has 1 aliphatic heterocycles. The quantitative estimate of drug-likeness (QED) is 0.350. The van der Waals surface area contributed by atoms with Gasteiger partial charge in [0.05, 0.1) is 16.4 Å². The van der Waals surface area contributed by atoms with Gasteiger partial charge in [-0.05, 0) is 59.5 Å². The molecule has 6 nitrogen and oxygen atoms in total. The van der Waals surface area contributed by atoms with Crippen LogP contribution in [0.1, 0.15) is 6.92 Å². The van der Waals surface area contributed by atoms with Crippen molar-refractivity contribution in [2.45, 2.75) is 11.8 Å². The van der Waals surface area contributed by atoms with Crippen LogP contribution < -0.4 is 5.32 Å². The van der Waals surface area contributed by atoms with E-state index in [-0.39, 0.29) is 10.7 Å². The average Bonchev–Trinajstić information content (AvgIpc) is 3.23. The summed E-state index contributed by atoms with van der Waals surface area (Å²) in [6.45, 7) is 6.63. The van der Waals surface area contributed by atoms with Gasteiger partial charge >= 0.3 is 0 Å². The fourth-order valence-corrected chi connectivity index (χ4v) is 6.21. The summed E-state index contributed by atoms with van der Waals surface area (Å²) in [6.07, 6.45) is 1.78. The third-order valence-corrected chi connectivity index (χ3v) is 8.51. The van der Waals surface area contributed by atoms with Gasteiger partial charge < -0.3 is 10.2 Å². The van der Waals surface area contributed by atoms with E-state index in [0.717, 1.165) is 59.1 Å². The number of rotatable bonds is 5. The maximum Gasteiger partial charge on any atom is 0.172 e. The Balaban J connectivity index is 1.43. The molecule has 2 aromatic carbocycles. The molecule has 0 amide bonds. The zero-order chi connectivity index (χ0) is 22.8. The van der Waals surface area contributed by atoms with Crippen LogP contribution >= 0.6 is 26.6 Å². The van der Waals surface area contributed by atoms with E-state index in [4.69, 9.17) is 4.98 Å². The van der Waals surface area contributed by atoms with Crippen molar-refractivity contribution in [2.75, 3.05) is 38.5 Å². The van der Waals surface area contributed by atoms with Crippen LogP contribution in [0.25, 0.3) is 16.9 Å². The van der Waals surface area contributed by atoms with E-state index < -0.39 is 0 Å². The molecule has 5 rings (SSSR count). The number of nitrogens with one attached hydrogen (secondary N) is 1. The Kier molecular flexibility index (Phi) is 6.59. The van der Waals surface area contributed by atoms with Crippen molar-refractivity contribution in [3.63, 3.8) is 0 Å². The van der Waals surface area contributed by atoms with E-state index in [0.29, 0.717) is 0 Å². The Morgan fingerprint density at radius 1 is 1.00 bits per heavy atom. The van der Waals surface area contributed by atoms with Crippen molar-refractivity contribution >= 4 is 49.1 Å². The van der Waals surface area contributed by atoms with Gasteiger partial charge in [-0.15, -0.1) is 0 Å². The normalized spacial score (nSPS) is 16.3. The lowest BCUT2D eigenvalue weighted by Crippen LogP contribution is -2.41. The lowest BCUT2D eigenvalue weighted by Gasteiger charge is -2.34. The van der Waals surface area contributed by atoms with Gasteiger partial charge in [0.1, 0.15) is 5.82 Å². The molecule has 1 N–H and O–H groups in total. The van der Waals surface area contributed by atoms with Crippen molar-refractivity contribution in [3.8, 4) is 11.3 Å². The second-order valence-electron chi connectivity index (χ2n) is 8.05. The monoisotopic (exact) mass is 522 g/mol. The minimum absolute atomic E-state index is 0.0217. The molecule has 1 saturated heterocycles. The molecule has 1 fully saturated rings. The fourth-order valence-electron chi connectivity index (χ4n) is 4.03. The number of hydrogen-bond acceptors (Lipinski definition) is 5. The minimum Gasteiger partial charge on any atom is -0.340 e. The predicted octanol–water partition coefficient (Wildman–Crippen LogP) is 5.51. The predicted molar refractivity (Wildman–Crippen MR) is 143 cm³/mol. The average molecular weight is 524 g/mol. The van der Waals surface area contributed by atoms with Crippen LogP contribution in [0, 0.1) is 0 Å². The number of halogens is 1. The number of fused-ring (bicyclic) bond motifs is 1. The Bertz CT molecular complexity index is 1280. The van der Waals surface area contributed by atoms with Crippen LogP contribution in [0.2, 0.25) is 0 Å². The number of hydrogen-bond donors (Lipinski definition) is 1. The zero-order valence-corrected chi connectivity index (χ0v) is 21.2. The van der Waals surface area contributed by atoms with Gasteiger partial charge in [-0.1, -0.05) is 41.0 Å². The van der Waals surface area contributed by atoms with Crippen molar-refractivity contribution in [3.05, 3.63) is 71.3 Å². The molecule has 0 saturated carbocycles. The van der Waals surface area contributed by atoms with Gasteiger partial charge in [0, 0.05) is 48.4 Å². The largest absolute Gasteiger partial charge is 0.340 e. The van der Waals surface area contributed by atoms with Crippen molar-refractivity contribution in [1.82, 2.24) is 23.8 Å². The topological polar surface area (TPSA) is 48.7 Å². The highest BCUT2D eigenvalue weighted by Crippen LogP contribution is 2.33. The standard InChI is InChI=1S/C25H27BrN6S/c1-3-33(31-15-13-30(2)14-16-31)21-11-9-20(10-12-21)28-24-17-23(19-7-5-4-6-8-19)29-25-22(26)18-27-32(24)25/h3-12,17-18,28H,13-16H2,1-2H3. The lowest BCUT2D eigenvalue weighted by atomic mass is 10.1. The number of anilines is 2. The zero-order valence-electron chi connectivity index (χ0n) is 18.8. The summed E-state index contributed by atoms with van der Waals surface area (Å²) in [6, 6.07) is 21.0. The first-order chi connectivity index (χ1) is 16.1. The summed E-state index contributed by atoms with van der Waals surface area (Å²) in [7, 11) is 2.22. The van der Waals surface area contributed by atoms with Crippen molar-refractivity contribution in [1.29, 1.82) is 0 Å². The lowest BCUT2D eigenvalue weighted by molar-refractivity contribution is 0.233. The van der Waals surface area contributed by atoms with Gasteiger partial charge in [0.2, 0.25) is 0 Å². The molecular weight excluding hydrogens is 496 g/mol.